The normalized spacial score (nSPS) is 19.9. The molecule has 0 spiro atoms. The number of nitrogens with zero attached hydrogens (tertiary/aromatic N) is 1. The van der Waals surface area contributed by atoms with Gasteiger partial charge in [0.25, 0.3) is 0 Å². The van der Waals surface area contributed by atoms with E-state index in [1.807, 2.05) is 18.2 Å². The number of aliphatic hydroxyl groups excluding tert-OH is 1. The Kier molecular flexibility index (Phi) is 4.87. The van der Waals surface area contributed by atoms with Crippen LogP contribution in [0.5, 0.6) is 11.5 Å². The van der Waals surface area contributed by atoms with Crippen LogP contribution in [0.1, 0.15) is 6.42 Å². The molecule has 1 aliphatic rings. The minimum atomic E-state index is 0.121. The van der Waals surface area contributed by atoms with Gasteiger partial charge in [-0.25, -0.2) is 0 Å². The Hall–Kier alpha value is -1.46. The molecule has 1 aliphatic heterocycles. The minimum Gasteiger partial charge on any atom is -0.493 e. The van der Waals surface area contributed by atoms with Gasteiger partial charge in [-0.15, -0.1) is 0 Å². The first-order chi connectivity index (χ1) is 9.28. The van der Waals surface area contributed by atoms with Gasteiger partial charge in [-0.2, -0.15) is 0 Å². The maximum Gasteiger partial charge on any atom is 0.162 e. The average molecular weight is 266 g/mol. The summed E-state index contributed by atoms with van der Waals surface area (Å²) in [6, 6.07) is 6.05. The molecule has 1 aromatic rings. The highest BCUT2D eigenvalue weighted by atomic mass is 16.5. The third-order valence-corrected chi connectivity index (χ3v) is 3.43. The topological polar surface area (TPSA) is 54.0 Å². The summed E-state index contributed by atoms with van der Waals surface area (Å²) >= 11 is 0. The molecule has 0 amide bonds. The maximum absolute atomic E-state index is 9.33. The summed E-state index contributed by atoms with van der Waals surface area (Å²) in [6.45, 7) is 2.86. The zero-order valence-corrected chi connectivity index (χ0v) is 11.6. The highest BCUT2D eigenvalue weighted by Crippen LogP contribution is 2.31. The molecule has 1 unspecified atom stereocenters. The predicted octanol–water partition coefficient (Wildman–Crippen LogP) is 0.864. The Labute approximate surface area is 114 Å². The van der Waals surface area contributed by atoms with E-state index in [9.17, 15) is 5.11 Å². The summed E-state index contributed by atoms with van der Waals surface area (Å²) in [5.41, 5.74) is 1.10. The van der Waals surface area contributed by atoms with E-state index in [1.54, 1.807) is 14.2 Å². The number of methoxy groups -OCH3 is 2. The standard InChI is InChI=1S/C14H22N2O3/c1-18-13-5-4-12(8-14(13)19-2)16-7-3-6-15-11(9-16)10-17/h4-5,8,11,15,17H,3,6-7,9-10H2,1-2H3. The van der Waals surface area contributed by atoms with Gasteiger partial charge in [0.2, 0.25) is 0 Å². The number of aliphatic hydroxyl groups is 1. The van der Waals surface area contributed by atoms with Crippen LogP contribution in [0, 0.1) is 0 Å². The van der Waals surface area contributed by atoms with Gasteiger partial charge >= 0.3 is 0 Å². The van der Waals surface area contributed by atoms with E-state index in [1.165, 1.54) is 0 Å². The molecule has 1 heterocycles. The lowest BCUT2D eigenvalue weighted by molar-refractivity contribution is 0.248. The molecule has 0 saturated carbocycles. The third-order valence-electron chi connectivity index (χ3n) is 3.43. The van der Waals surface area contributed by atoms with Gasteiger partial charge in [-0.05, 0) is 25.1 Å². The van der Waals surface area contributed by atoms with E-state index in [0.29, 0.717) is 0 Å². The summed E-state index contributed by atoms with van der Waals surface area (Å²) < 4.78 is 10.6. The number of hydrogen-bond donors (Lipinski definition) is 2. The highest BCUT2D eigenvalue weighted by molar-refractivity contribution is 5.56. The Bertz CT molecular complexity index is 412. The monoisotopic (exact) mass is 266 g/mol. The lowest BCUT2D eigenvalue weighted by atomic mass is 10.2. The van der Waals surface area contributed by atoms with Crippen molar-refractivity contribution in [1.29, 1.82) is 0 Å². The predicted molar refractivity (Wildman–Crippen MR) is 75.3 cm³/mol. The number of rotatable bonds is 4. The van der Waals surface area contributed by atoms with Gasteiger partial charge in [0, 0.05) is 30.9 Å². The SMILES string of the molecule is COc1ccc(N2CCCNC(CO)C2)cc1OC. The van der Waals surface area contributed by atoms with Crippen LogP contribution in [-0.4, -0.2) is 51.6 Å². The lowest BCUT2D eigenvalue weighted by Gasteiger charge is -2.26. The van der Waals surface area contributed by atoms with Gasteiger partial charge in [0.05, 0.1) is 20.8 Å². The zero-order valence-electron chi connectivity index (χ0n) is 11.6. The molecule has 2 N–H and O–H groups in total. The smallest absolute Gasteiger partial charge is 0.162 e. The molecule has 19 heavy (non-hydrogen) atoms. The molecule has 1 fully saturated rings. The Morgan fingerprint density at radius 3 is 2.79 bits per heavy atom. The molecule has 5 heteroatoms. The molecular formula is C14H22N2O3. The van der Waals surface area contributed by atoms with Crippen molar-refractivity contribution in [2.24, 2.45) is 0 Å². The van der Waals surface area contributed by atoms with Crippen LogP contribution in [0.25, 0.3) is 0 Å². The van der Waals surface area contributed by atoms with Crippen molar-refractivity contribution >= 4 is 5.69 Å². The van der Waals surface area contributed by atoms with Crippen LogP contribution in [-0.2, 0) is 0 Å². The van der Waals surface area contributed by atoms with Crippen LogP contribution in [0.2, 0.25) is 0 Å². The van der Waals surface area contributed by atoms with Crippen LogP contribution >= 0.6 is 0 Å². The summed E-state index contributed by atoms with van der Waals surface area (Å²) in [5, 5.41) is 12.7. The fraction of sp³-hybridized carbons (Fsp3) is 0.571. The van der Waals surface area contributed by atoms with Crippen molar-refractivity contribution in [3.8, 4) is 11.5 Å². The molecule has 5 nitrogen and oxygen atoms in total. The lowest BCUT2D eigenvalue weighted by Crippen LogP contribution is -2.40. The molecule has 1 aromatic carbocycles. The van der Waals surface area contributed by atoms with Crippen molar-refractivity contribution in [3.63, 3.8) is 0 Å². The zero-order chi connectivity index (χ0) is 13.7. The van der Waals surface area contributed by atoms with E-state index < -0.39 is 0 Å². The van der Waals surface area contributed by atoms with E-state index >= 15 is 0 Å². The van der Waals surface area contributed by atoms with Gasteiger partial charge in [0.15, 0.2) is 11.5 Å². The molecule has 0 aliphatic carbocycles. The fourth-order valence-electron chi connectivity index (χ4n) is 2.38. The van der Waals surface area contributed by atoms with E-state index in [4.69, 9.17) is 9.47 Å². The Morgan fingerprint density at radius 1 is 1.32 bits per heavy atom. The summed E-state index contributed by atoms with van der Waals surface area (Å²) in [7, 11) is 3.28. The summed E-state index contributed by atoms with van der Waals surface area (Å²) in [4.78, 5) is 2.27. The second kappa shape index (κ2) is 6.63. The first kappa shape index (κ1) is 14.0. The summed E-state index contributed by atoms with van der Waals surface area (Å²) in [5.74, 6) is 1.47. The average Bonchev–Trinajstić information content (AvgIpc) is 2.72. The van der Waals surface area contributed by atoms with Crippen LogP contribution in [0.15, 0.2) is 18.2 Å². The van der Waals surface area contributed by atoms with Crippen LogP contribution in [0.4, 0.5) is 5.69 Å². The first-order valence-corrected chi connectivity index (χ1v) is 6.59. The highest BCUT2D eigenvalue weighted by Gasteiger charge is 2.18. The molecule has 1 atom stereocenters. The number of anilines is 1. The Morgan fingerprint density at radius 2 is 2.11 bits per heavy atom. The number of hydrogen-bond acceptors (Lipinski definition) is 5. The molecule has 1 saturated heterocycles. The number of benzene rings is 1. The van der Waals surface area contributed by atoms with Gasteiger partial charge in [-0.1, -0.05) is 0 Å². The number of nitrogens with one attached hydrogen (secondary N) is 1. The largest absolute Gasteiger partial charge is 0.493 e. The van der Waals surface area contributed by atoms with Crippen molar-refractivity contribution in [1.82, 2.24) is 5.32 Å². The van der Waals surface area contributed by atoms with E-state index in [2.05, 4.69) is 10.2 Å². The summed E-state index contributed by atoms with van der Waals surface area (Å²) in [6.07, 6.45) is 1.06. The van der Waals surface area contributed by atoms with Crippen molar-refractivity contribution in [3.05, 3.63) is 18.2 Å². The van der Waals surface area contributed by atoms with Crippen molar-refractivity contribution < 1.29 is 14.6 Å². The molecular weight excluding hydrogens is 244 g/mol. The minimum absolute atomic E-state index is 0.121. The van der Waals surface area contributed by atoms with Crippen molar-refractivity contribution in [2.75, 3.05) is 45.4 Å². The van der Waals surface area contributed by atoms with Gasteiger partial charge in [0.1, 0.15) is 0 Å². The van der Waals surface area contributed by atoms with Crippen LogP contribution < -0.4 is 19.7 Å². The second-order valence-electron chi connectivity index (χ2n) is 4.67. The van der Waals surface area contributed by atoms with Crippen molar-refractivity contribution in [2.45, 2.75) is 12.5 Å². The molecule has 0 bridgehead atoms. The molecule has 0 radical (unpaired) electrons. The Balaban J connectivity index is 2.19. The first-order valence-electron chi connectivity index (χ1n) is 6.59. The van der Waals surface area contributed by atoms with Gasteiger partial charge in [-0.3, -0.25) is 0 Å². The van der Waals surface area contributed by atoms with Crippen LogP contribution in [0.3, 0.4) is 0 Å². The number of ether oxygens (including phenoxy) is 2. The molecule has 0 aromatic heterocycles. The van der Waals surface area contributed by atoms with E-state index in [-0.39, 0.29) is 12.6 Å². The molecule has 2 rings (SSSR count). The van der Waals surface area contributed by atoms with Gasteiger partial charge < -0.3 is 24.8 Å². The quantitative estimate of drug-likeness (QED) is 0.847. The maximum atomic E-state index is 9.33. The van der Waals surface area contributed by atoms with E-state index in [0.717, 1.165) is 43.2 Å². The fourth-order valence-corrected chi connectivity index (χ4v) is 2.38. The second-order valence-corrected chi connectivity index (χ2v) is 4.67. The molecule has 106 valence electrons. The third kappa shape index (κ3) is 3.30.